The fraction of sp³-hybridized carbons (Fsp3) is 0.200. The van der Waals surface area contributed by atoms with E-state index in [1.807, 2.05) is 19.9 Å². The van der Waals surface area contributed by atoms with Gasteiger partial charge in [0, 0.05) is 23.3 Å². The smallest absolute Gasteiger partial charge is 0.318 e. The number of rotatable bonds is 4. The summed E-state index contributed by atoms with van der Waals surface area (Å²) in [6.07, 6.45) is 4.48. The average Bonchev–Trinajstić information content (AvgIpc) is 3.04. The number of benzene rings is 1. The summed E-state index contributed by atoms with van der Waals surface area (Å²) in [5.41, 5.74) is 5.03. The number of hydrogen-bond donors (Lipinski definition) is 1. The topological polar surface area (TPSA) is 84.3 Å². The quantitative estimate of drug-likeness (QED) is 0.497. The van der Waals surface area contributed by atoms with E-state index in [-0.39, 0.29) is 5.57 Å². The van der Waals surface area contributed by atoms with Crippen molar-refractivity contribution in [2.75, 3.05) is 4.90 Å². The van der Waals surface area contributed by atoms with Gasteiger partial charge in [-0.3, -0.25) is 19.9 Å². The molecule has 1 aliphatic rings. The van der Waals surface area contributed by atoms with Crippen molar-refractivity contribution in [3.8, 4) is 5.69 Å². The number of hydrogen-bond acceptors (Lipinski definition) is 4. The van der Waals surface area contributed by atoms with Crippen molar-refractivity contribution in [1.82, 2.24) is 14.9 Å². The first-order valence-electron chi connectivity index (χ1n) is 10.4. The lowest BCUT2D eigenvalue weighted by Gasteiger charge is -2.26. The van der Waals surface area contributed by atoms with Crippen LogP contribution in [-0.4, -0.2) is 27.4 Å². The van der Waals surface area contributed by atoms with Crippen LogP contribution in [0.1, 0.15) is 42.3 Å². The van der Waals surface area contributed by atoms with E-state index in [0.29, 0.717) is 11.6 Å². The number of pyridine rings is 1. The summed E-state index contributed by atoms with van der Waals surface area (Å²) < 4.78 is 2.08. The summed E-state index contributed by atoms with van der Waals surface area (Å²) in [5.74, 6) is -0.957. The van der Waals surface area contributed by atoms with Gasteiger partial charge in [-0.1, -0.05) is 26.0 Å². The molecule has 4 rings (SSSR count). The first kappa shape index (κ1) is 21.2. The lowest BCUT2D eigenvalue weighted by atomic mass is 10.0. The predicted octanol–water partition coefficient (Wildman–Crippen LogP) is 4.28. The van der Waals surface area contributed by atoms with E-state index in [9.17, 15) is 14.4 Å². The maximum Gasteiger partial charge on any atom is 0.336 e. The predicted molar refractivity (Wildman–Crippen MR) is 123 cm³/mol. The maximum atomic E-state index is 13.1. The van der Waals surface area contributed by atoms with Crippen LogP contribution in [0, 0.1) is 13.8 Å². The van der Waals surface area contributed by atoms with Crippen molar-refractivity contribution in [1.29, 1.82) is 0 Å². The number of anilines is 1. The van der Waals surface area contributed by atoms with Crippen LogP contribution in [0.25, 0.3) is 11.8 Å². The monoisotopic (exact) mass is 428 g/mol. The molecule has 0 radical (unpaired) electrons. The van der Waals surface area contributed by atoms with Gasteiger partial charge in [-0.25, -0.2) is 9.69 Å². The Labute approximate surface area is 186 Å². The highest BCUT2D eigenvalue weighted by Gasteiger charge is 2.37. The molecule has 0 bridgehead atoms. The zero-order chi connectivity index (χ0) is 23.0. The second kappa shape index (κ2) is 8.26. The third kappa shape index (κ3) is 3.73. The van der Waals surface area contributed by atoms with Crippen LogP contribution in [0.15, 0.2) is 60.4 Å². The minimum atomic E-state index is -0.791. The molecule has 32 heavy (non-hydrogen) atoms. The Morgan fingerprint density at radius 1 is 1.00 bits per heavy atom. The molecule has 7 heteroatoms. The van der Waals surface area contributed by atoms with E-state index in [1.165, 1.54) is 17.8 Å². The molecule has 2 aromatic heterocycles. The van der Waals surface area contributed by atoms with Crippen molar-refractivity contribution in [3.05, 3.63) is 82.9 Å². The number of nitrogens with one attached hydrogen (secondary N) is 1. The summed E-state index contributed by atoms with van der Waals surface area (Å²) >= 11 is 0. The SMILES string of the molecule is Cc1cc(/C=C2\C(=O)NC(=O)N(c3cccnc3)C2=O)c(C)n1-c1ccc(C(C)C)cc1. The van der Waals surface area contributed by atoms with E-state index >= 15 is 0 Å². The van der Waals surface area contributed by atoms with Gasteiger partial charge in [-0.15, -0.1) is 0 Å². The molecule has 4 amide bonds. The van der Waals surface area contributed by atoms with Gasteiger partial charge < -0.3 is 4.57 Å². The minimum Gasteiger partial charge on any atom is -0.318 e. The molecule has 1 fully saturated rings. The summed E-state index contributed by atoms with van der Waals surface area (Å²) in [7, 11) is 0. The van der Waals surface area contributed by atoms with Crippen LogP contribution in [0.5, 0.6) is 0 Å². The molecule has 3 aromatic rings. The van der Waals surface area contributed by atoms with Gasteiger partial charge in [0.25, 0.3) is 11.8 Å². The Bertz CT molecular complexity index is 1240. The number of aromatic nitrogens is 2. The molecular formula is C25H24N4O3. The number of barbiturate groups is 1. The van der Waals surface area contributed by atoms with Crippen LogP contribution >= 0.6 is 0 Å². The Balaban J connectivity index is 1.73. The van der Waals surface area contributed by atoms with Gasteiger partial charge in [0.15, 0.2) is 0 Å². The first-order chi connectivity index (χ1) is 15.3. The fourth-order valence-corrected chi connectivity index (χ4v) is 3.87. The number of carbonyl (C=O) groups excluding carboxylic acids is 3. The molecule has 1 N–H and O–H groups in total. The lowest BCUT2D eigenvalue weighted by Crippen LogP contribution is -2.54. The molecule has 162 valence electrons. The first-order valence-corrected chi connectivity index (χ1v) is 10.4. The maximum absolute atomic E-state index is 13.1. The zero-order valence-electron chi connectivity index (χ0n) is 18.4. The second-order valence-electron chi connectivity index (χ2n) is 8.08. The third-order valence-corrected chi connectivity index (χ3v) is 5.59. The Morgan fingerprint density at radius 2 is 1.72 bits per heavy atom. The minimum absolute atomic E-state index is 0.108. The molecule has 1 aliphatic heterocycles. The standard InChI is InChI=1S/C25H24N4O3/c1-15(2)18-7-9-20(10-8-18)28-16(3)12-19(17(28)4)13-22-23(30)27-25(32)29(24(22)31)21-6-5-11-26-14-21/h5-15H,1-4H3,(H,27,30,32)/b22-13+. The van der Waals surface area contributed by atoms with Gasteiger partial charge >= 0.3 is 6.03 Å². The molecule has 0 spiro atoms. The number of imide groups is 2. The fourth-order valence-electron chi connectivity index (χ4n) is 3.87. The van der Waals surface area contributed by atoms with Crippen LogP contribution in [0.3, 0.4) is 0 Å². The van der Waals surface area contributed by atoms with Crippen molar-refractivity contribution >= 4 is 29.6 Å². The summed E-state index contributed by atoms with van der Waals surface area (Å²) in [6.45, 7) is 8.21. The molecular weight excluding hydrogens is 404 g/mol. The number of nitrogens with zero attached hydrogens (tertiary/aromatic N) is 3. The molecule has 1 saturated heterocycles. The largest absolute Gasteiger partial charge is 0.336 e. The van der Waals surface area contributed by atoms with E-state index < -0.39 is 17.8 Å². The van der Waals surface area contributed by atoms with Crippen molar-refractivity contribution in [2.24, 2.45) is 0 Å². The highest BCUT2D eigenvalue weighted by Crippen LogP contribution is 2.26. The van der Waals surface area contributed by atoms with Crippen LogP contribution in [0.2, 0.25) is 0 Å². The molecule has 0 aliphatic carbocycles. The summed E-state index contributed by atoms with van der Waals surface area (Å²) in [5, 5.41) is 2.24. The lowest BCUT2D eigenvalue weighted by molar-refractivity contribution is -0.122. The molecule has 7 nitrogen and oxygen atoms in total. The highest BCUT2D eigenvalue weighted by atomic mass is 16.2. The van der Waals surface area contributed by atoms with Gasteiger partial charge in [0.05, 0.1) is 11.9 Å². The van der Waals surface area contributed by atoms with E-state index in [0.717, 1.165) is 27.5 Å². The summed E-state index contributed by atoms with van der Waals surface area (Å²) in [6, 6.07) is 12.7. The Morgan fingerprint density at radius 3 is 2.34 bits per heavy atom. The molecule has 3 heterocycles. The Hall–Kier alpha value is -4.00. The molecule has 0 unspecified atom stereocenters. The summed E-state index contributed by atoms with van der Waals surface area (Å²) in [4.78, 5) is 42.8. The van der Waals surface area contributed by atoms with Gasteiger partial charge in [-0.05, 0) is 67.3 Å². The van der Waals surface area contributed by atoms with Crippen LogP contribution < -0.4 is 10.2 Å². The van der Waals surface area contributed by atoms with E-state index in [1.54, 1.807) is 18.3 Å². The van der Waals surface area contributed by atoms with Crippen LogP contribution in [0.4, 0.5) is 10.5 Å². The van der Waals surface area contributed by atoms with E-state index in [4.69, 9.17) is 0 Å². The Kier molecular flexibility index (Phi) is 5.48. The second-order valence-corrected chi connectivity index (χ2v) is 8.08. The van der Waals surface area contributed by atoms with Crippen molar-refractivity contribution in [3.63, 3.8) is 0 Å². The number of amides is 4. The zero-order valence-corrected chi connectivity index (χ0v) is 18.4. The van der Waals surface area contributed by atoms with Crippen LogP contribution in [-0.2, 0) is 9.59 Å². The number of urea groups is 1. The van der Waals surface area contributed by atoms with Crippen molar-refractivity contribution in [2.45, 2.75) is 33.6 Å². The van der Waals surface area contributed by atoms with Gasteiger partial charge in [0.1, 0.15) is 5.57 Å². The van der Waals surface area contributed by atoms with Gasteiger partial charge in [0.2, 0.25) is 0 Å². The van der Waals surface area contributed by atoms with Crippen molar-refractivity contribution < 1.29 is 14.4 Å². The third-order valence-electron chi connectivity index (χ3n) is 5.59. The van der Waals surface area contributed by atoms with E-state index in [2.05, 4.69) is 53.0 Å². The average molecular weight is 428 g/mol. The molecule has 0 saturated carbocycles. The van der Waals surface area contributed by atoms with Gasteiger partial charge in [-0.2, -0.15) is 0 Å². The number of carbonyl (C=O) groups is 3. The molecule has 1 aromatic carbocycles. The number of aryl methyl sites for hydroxylation is 1. The molecule has 0 atom stereocenters. The normalized spacial score (nSPS) is 15.6. The highest BCUT2D eigenvalue weighted by molar-refractivity contribution is 6.39.